The van der Waals surface area contributed by atoms with Gasteiger partial charge in [0.05, 0.1) is 22.2 Å². The molecule has 0 unspecified atom stereocenters. The molecule has 1 atom stereocenters. The van der Waals surface area contributed by atoms with E-state index in [1.807, 2.05) is 18.2 Å². The summed E-state index contributed by atoms with van der Waals surface area (Å²) in [5.41, 5.74) is 2.67. The van der Waals surface area contributed by atoms with Crippen molar-refractivity contribution in [2.75, 3.05) is 32.6 Å². The van der Waals surface area contributed by atoms with Gasteiger partial charge >= 0.3 is 5.97 Å². The number of carbonyl (C=O) groups is 2. The third-order valence-corrected chi connectivity index (χ3v) is 5.42. The highest BCUT2D eigenvalue weighted by atomic mass is 16.6. The van der Waals surface area contributed by atoms with Crippen LogP contribution in [0.4, 0.5) is 11.4 Å². The molecule has 0 aromatic heterocycles. The first-order chi connectivity index (χ1) is 14.3. The number of aryl methyl sites for hydroxylation is 1. The maximum atomic E-state index is 12.7. The number of non-ortho nitro benzene ring substituents is 1. The molecule has 0 N–H and O–H groups in total. The molecule has 1 amide bonds. The molecule has 0 heterocycles. The smallest absolute Gasteiger partial charge is 0.341 e. The van der Waals surface area contributed by atoms with Crippen molar-refractivity contribution in [2.45, 2.75) is 25.3 Å². The second kappa shape index (κ2) is 8.94. The van der Waals surface area contributed by atoms with Crippen LogP contribution in [0.3, 0.4) is 0 Å². The molecule has 158 valence electrons. The normalized spacial score (nSPS) is 15.1. The predicted molar refractivity (Wildman–Crippen MR) is 113 cm³/mol. The Morgan fingerprint density at radius 1 is 1.17 bits per heavy atom. The first kappa shape index (κ1) is 21.3. The lowest BCUT2D eigenvalue weighted by molar-refractivity contribution is -0.384. The minimum absolute atomic E-state index is 0.0488. The van der Waals surface area contributed by atoms with Crippen LogP contribution in [0.25, 0.3) is 0 Å². The highest BCUT2D eigenvalue weighted by molar-refractivity contribution is 5.97. The number of nitrogens with zero attached hydrogens (tertiary/aromatic N) is 3. The van der Waals surface area contributed by atoms with E-state index in [0.717, 1.165) is 24.8 Å². The first-order valence-corrected chi connectivity index (χ1v) is 9.76. The number of anilines is 1. The summed E-state index contributed by atoms with van der Waals surface area (Å²) >= 11 is 0. The van der Waals surface area contributed by atoms with Gasteiger partial charge in [0.25, 0.3) is 11.6 Å². The van der Waals surface area contributed by atoms with Crippen molar-refractivity contribution in [3.63, 3.8) is 0 Å². The Morgan fingerprint density at radius 2 is 1.90 bits per heavy atom. The van der Waals surface area contributed by atoms with Gasteiger partial charge in [-0.05, 0) is 36.5 Å². The second-order valence-corrected chi connectivity index (χ2v) is 7.54. The van der Waals surface area contributed by atoms with E-state index in [9.17, 15) is 19.7 Å². The molecule has 0 radical (unpaired) electrons. The van der Waals surface area contributed by atoms with Crippen LogP contribution in [0.5, 0.6) is 0 Å². The van der Waals surface area contributed by atoms with Crippen LogP contribution in [0.15, 0.2) is 42.5 Å². The van der Waals surface area contributed by atoms with E-state index in [0.29, 0.717) is 5.69 Å². The third kappa shape index (κ3) is 4.42. The average Bonchev–Trinajstić information content (AvgIpc) is 2.75. The number of nitro groups is 1. The molecule has 0 aliphatic heterocycles. The van der Waals surface area contributed by atoms with Gasteiger partial charge in [-0.2, -0.15) is 0 Å². The molecule has 1 aliphatic carbocycles. The molecule has 2 aromatic carbocycles. The maximum absolute atomic E-state index is 12.7. The molecule has 0 saturated heterocycles. The van der Waals surface area contributed by atoms with Gasteiger partial charge in [0, 0.05) is 33.3 Å². The van der Waals surface area contributed by atoms with E-state index in [4.69, 9.17) is 4.74 Å². The highest BCUT2D eigenvalue weighted by Crippen LogP contribution is 2.33. The number of fused-ring (bicyclic) bond motifs is 1. The van der Waals surface area contributed by atoms with Crippen LogP contribution in [-0.2, 0) is 16.0 Å². The topological polar surface area (TPSA) is 93.0 Å². The van der Waals surface area contributed by atoms with Crippen molar-refractivity contribution < 1.29 is 19.2 Å². The molecule has 30 heavy (non-hydrogen) atoms. The van der Waals surface area contributed by atoms with Crippen molar-refractivity contribution in [3.05, 3.63) is 69.3 Å². The molecular weight excluding hydrogens is 386 g/mol. The van der Waals surface area contributed by atoms with Gasteiger partial charge in [-0.3, -0.25) is 14.9 Å². The quantitative estimate of drug-likeness (QED) is 0.411. The van der Waals surface area contributed by atoms with E-state index in [1.54, 1.807) is 30.9 Å². The number of nitro benzene ring substituents is 1. The van der Waals surface area contributed by atoms with Gasteiger partial charge in [-0.1, -0.05) is 24.3 Å². The monoisotopic (exact) mass is 411 g/mol. The van der Waals surface area contributed by atoms with Crippen molar-refractivity contribution in [3.8, 4) is 0 Å². The van der Waals surface area contributed by atoms with Crippen LogP contribution in [0.2, 0.25) is 0 Å². The number of likely N-dealkylation sites (N-methyl/N-ethyl adjacent to an activating group) is 1. The molecule has 0 fully saturated rings. The van der Waals surface area contributed by atoms with Gasteiger partial charge in [0.2, 0.25) is 0 Å². The Bertz CT molecular complexity index is 973. The molecule has 8 nitrogen and oxygen atoms in total. The highest BCUT2D eigenvalue weighted by Gasteiger charge is 2.27. The lowest BCUT2D eigenvalue weighted by Crippen LogP contribution is -2.36. The summed E-state index contributed by atoms with van der Waals surface area (Å²) in [6.07, 6.45) is 2.83. The first-order valence-electron chi connectivity index (χ1n) is 9.76. The molecule has 0 spiro atoms. The van der Waals surface area contributed by atoms with Gasteiger partial charge < -0.3 is 14.5 Å². The number of amides is 1. The summed E-state index contributed by atoms with van der Waals surface area (Å²) in [6.45, 7) is -0.427. The molecule has 8 heteroatoms. The summed E-state index contributed by atoms with van der Waals surface area (Å²) < 4.78 is 5.24. The molecule has 2 aromatic rings. The number of carbonyl (C=O) groups excluding carboxylic acids is 2. The van der Waals surface area contributed by atoms with Gasteiger partial charge in [0.15, 0.2) is 6.61 Å². The zero-order chi connectivity index (χ0) is 21.8. The Morgan fingerprint density at radius 3 is 2.60 bits per heavy atom. The fourth-order valence-corrected chi connectivity index (χ4v) is 3.80. The predicted octanol–water partition coefficient (Wildman–Crippen LogP) is 3.35. The van der Waals surface area contributed by atoms with Crippen LogP contribution < -0.4 is 4.90 Å². The van der Waals surface area contributed by atoms with Crippen molar-refractivity contribution in [1.82, 2.24) is 4.90 Å². The van der Waals surface area contributed by atoms with Crippen molar-refractivity contribution in [1.29, 1.82) is 0 Å². The molecule has 1 aliphatic rings. The van der Waals surface area contributed by atoms with Crippen LogP contribution in [0.1, 0.15) is 40.4 Å². The molecule has 0 saturated carbocycles. The number of ether oxygens (including phenoxy) is 1. The summed E-state index contributed by atoms with van der Waals surface area (Å²) in [5.74, 6) is -1.09. The maximum Gasteiger partial charge on any atom is 0.341 e. The average molecular weight is 411 g/mol. The van der Waals surface area contributed by atoms with Crippen molar-refractivity contribution >= 4 is 23.3 Å². The third-order valence-electron chi connectivity index (χ3n) is 5.42. The summed E-state index contributed by atoms with van der Waals surface area (Å²) in [4.78, 5) is 39.1. The van der Waals surface area contributed by atoms with Crippen LogP contribution in [-0.4, -0.2) is 49.4 Å². The Hall–Kier alpha value is -3.42. The van der Waals surface area contributed by atoms with Gasteiger partial charge in [-0.15, -0.1) is 0 Å². The Labute approximate surface area is 175 Å². The van der Waals surface area contributed by atoms with Gasteiger partial charge in [0.1, 0.15) is 0 Å². The molecule has 0 bridgehead atoms. The fraction of sp³-hybridized carbons (Fsp3) is 0.364. The lowest BCUT2D eigenvalue weighted by atomic mass is 9.87. The SMILES string of the molecule is CN(C)c1ccc([N+](=O)[O-])cc1C(=O)OCC(=O)N(C)[C@@H]1CCCc2ccccc21. The zero-order valence-electron chi connectivity index (χ0n) is 17.3. The van der Waals surface area contributed by atoms with E-state index in [1.165, 1.54) is 23.8 Å². The van der Waals surface area contributed by atoms with E-state index in [2.05, 4.69) is 6.07 Å². The minimum atomic E-state index is -0.770. The second-order valence-electron chi connectivity index (χ2n) is 7.54. The van der Waals surface area contributed by atoms with E-state index < -0.39 is 17.5 Å². The number of hydrogen-bond acceptors (Lipinski definition) is 6. The summed E-state index contributed by atoms with van der Waals surface area (Å²) in [6, 6.07) is 12.0. The fourth-order valence-electron chi connectivity index (χ4n) is 3.80. The number of rotatable bonds is 6. The molecule has 3 rings (SSSR count). The Balaban J connectivity index is 1.71. The number of hydrogen-bond donors (Lipinski definition) is 0. The summed E-state index contributed by atoms with van der Waals surface area (Å²) in [7, 11) is 5.15. The number of benzene rings is 2. The lowest BCUT2D eigenvalue weighted by Gasteiger charge is -2.33. The van der Waals surface area contributed by atoms with Crippen LogP contribution >= 0.6 is 0 Å². The largest absolute Gasteiger partial charge is 0.452 e. The molecular formula is C22H25N3O5. The summed E-state index contributed by atoms with van der Waals surface area (Å²) in [5, 5.41) is 11.1. The Kier molecular flexibility index (Phi) is 6.34. The van der Waals surface area contributed by atoms with Crippen LogP contribution in [0, 0.1) is 10.1 Å². The van der Waals surface area contributed by atoms with Crippen molar-refractivity contribution in [2.24, 2.45) is 0 Å². The number of esters is 1. The van der Waals surface area contributed by atoms with Gasteiger partial charge in [-0.25, -0.2) is 4.79 Å². The zero-order valence-corrected chi connectivity index (χ0v) is 17.3. The van der Waals surface area contributed by atoms with E-state index >= 15 is 0 Å². The standard InChI is InChI=1S/C22H25N3O5/c1-23(2)19-12-11-16(25(28)29)13-18(19)22(27)30-14-21(26)24(3)20-10-6-8-15-7-4-5-9-17(15)20/h4-5,7,9,11-13,20H,6,8,10,14H2,1-3H3/t20-/m1/s1. The van der Waals surface area contributed by atoms with E-state index in [-0.39, 0.29) is 23.2 Å². The minimum Gasteiger partial charge on any atom is -0.452 e.